The Labute approximate surface area is 294 Å². The average molecular weight is 698 g/mol. The molecule has 4 amide bonds. The first kappa shape index (κ1) is 39.4. The number of nitrogens with one attached hydrogen (secondary N) is 3. The number of rotatable bonds is 20. The molecule has 14 heteroatoms. The zero-order valence-electron chi connectivity index (χ0n) is 29.2. The summed E-state index contributed by atoms with van der Waals surface area (Å²) in [6, 6.07) is 7.04. The normalized spacial score (nSPS) is 15.6. The molecule has 0 saturated carbocycles. The molecule has 1 fully saturated rings. The van der Waals surface area contributed by atoms with Crippen LogP contribution >= 0.6 is 11.3 Å². The van der Waals surface area contributed by atoms with Crippen LogP contribution < -0.4 is 33.2 Å². The van der Waals surface area contributed by atoms with Crippen molar-refractivity contribution in [3.05, 3.63) is 57.8 Å². The Morgan fingerprint density at radius 2 is 1.59 bits per heavy atom. The molecule has 0 radical (unpaired) electrons. The summed E-state index contributed by atoms with van der Waals surface area (Å²) in [5.41, 5.74) is 19.0. The lowest BCUT2D eigenvalue weighted by atomic mass is 9.99. The Kier molecular flexibility index (Phi) is 16.5. The maximum atomic E-state index is 13.7. The Bertz CT molecular complexity index is 1360. The molecule has 1 saturated heterocycles. The number of carbonyl (C=O) groups excluding carboxylic acids is 4. The first-order valence-electron chi connectivity index (χ1n) is 17.2. The van der Waals surface area contributed by atoms with Crippen LogP contribution in [0.5, 0.6) is 0 Å². The molecule has 1 aliphatic rings. The third-order valence-electron chi connectivity index (χ3n) is 8.43. The first-order chi connectivity index (χ1) is 23.4. The zero-order chi connectivity index (χ0) is 35.8. The molecule has 1 aliphatic heterocycles. The molecular weight excluding hydrogens is 643 g/mol. The molecule has 270 valence electrons. The second-order valence-electron chi connectivity index (χ2n) is 13.2. The summed E-state index contributed by atoms with van der Waals surface area (Å²) < 4.78 is 0. The molecule has 2 aromatic rings. The van der Waals surface area contributed by atoms with Crippen molar-refractivity contribution in [2.45, 2.75) is 84.0 Å². The highest BCUT2D eigenvalue weighted by Crippen LogP contribution is 2.14. The van der Waals surface area contributed by atoms with Crippen LogP contribution in [0.2, 0.25) is 0 Å². The molecule has 49 heavy (non-hydrogen) atoms. The first-order valence-corrected chi connectivity index (χ1v) is 18.2. The van der Waals surface area contributed by atoms with Gasteiger partial charge in [0.2, 0.25) is 17.7 Å². The molecule has 1 aromatic heterocycles. The molecule has 0 spiro atoms. The van der Waals surface area contributed by atoms with Crippen LogP contribution in [0, 0.1) is 5.92 Å². The van der Waals surface area contributed by atoms with Gasteiger partial charge in [-0.3, -0.25) is 29.1 Å². The van der Waals surface area contributed by atoms with Gasteiger partial charge in [0.1, 0.15) is 12.1 Å². The van der Waals surface area contributed by atoms with Crippen molar-refractivity contribution in [2.75, 3.05) is 39.3 Å². The summed E-state index contributed by atoms with van der Waals surface area (Å²) in [4.78, 5) is 61.1. The number of piperazine rings is 1. The van der Waals surface area contributed by atoms with Gasteiger partial charge in [0, 0.05) is 63.7 Å². The van der Waals surface area contributed by atoms with E-state index >= 15 is 0 Å². The quantitative estimate of drug-likeness (QED) is 0.0680. The number of primary amides is 1. The maximum absolute atomic E-state index is 13.7. The molecule has 3 rings (SSSR count). The highest BCUT2D eigenvalue weighted by molar-refractivity contribution is 7.07. The summed E-state index contributed by atoms with van der Waals surface area (Å²) in [5.74, 6) is -1.72. The molecule has 0 aliphatic carbocycles. The van der Waals surface area contributed by atoms with Crippen LogP contribution in [0.1, 0.15) is 74.4 Å². The number of carbonyl (C=O) groups is 4. The van der Waals surface area contributed by atoms with E-state index in [2.05, 4.69) is 37.7 Å². The number of hydrogen-bond acceptors (Lipinski definition) is 8. The number of thiophene rings is 1. The largest absolute Gasteiger partial charge is 0.370 e. The van der Waals surface area contributed by atoms with E-state index in [1.807, 2.05) is 42.8 Å². The van der Waals surface area contributed by atoms with E-state index in [9.17, 15) is 19.2 Å². The minimum absolute atomic E-state index is 0.0516. The Morgan fingerprint density at radius 1 is 0.898 bits per heavy atom. The number of nitrogens with two attached hydrogens (primary N) is 3. The van der Waals surface area contributed by atoms with Gasteiger partial charge in [-0.1, -0.05) is 32.9 Å². The highest BCUT2D eigenvalue weighted by Gasteiger charge is 2.27. The van der Waals surface area contributed by atoms with Gasteiger partial charge < -0.3 is 38.1 Å². The van der Waals surface area contributed by atoms with E-state index in [1.165, 1.54) is 11.3 Å². The van der Waals surface area contributed by atoms with Gasteiger partial charge in [0.25, 0.3) is 5.91 Å². The van der Waals surface area contributed by atoms with Gasteiger partial charge in [0.05, 0.1) is 0 Å². The third-order valence-corrected chi connectivity index (χ3v) is 9.16. The van der Waals surface area contributed by atoms with Gasteiger partial charge in [-0.2, -0.15) is 11.3 Å². The summed E-state index contributed by atoms with van der Waals surface area (Å²) in [7, 11) is 0. The second kappa shape index (κ2) is 20.5. The van der Waals surface area contributed by atoms with E-state index in [1.54, 1.807) is 12.1 Å². The number of amides is 4. The van der Waals surface area contributed by atoms with Crippen LogP contribution in [0.4, 0.5) is 0 Å². The van der Waals surface area contributed by atoms with Crippen molar-refractivity contribution in [1.29, 1.82) is 0 Å². The second-order valence-corrected chi connectivity index (χ2v) is 14.0. The Morgan fingerprint density at radius 3 is 2.18 bits per heavy atom. The Balaban J connectivity index is 1.64. The minimum Gasteiger partial charge on any atom is -0.370 e. The number of aliphatic imine (C=N–C) groups is 1. The van der Waals surface area contributed by atoms with Crippen molar-refractivity contribution < 1.29 is 19.2 Å². The SMILES string of the molecule is CCCN1CCN(Cc2ccc(C(=O)N[C@@H](CCCN=C(N)N)C(=O)NC(CC(=O)NC(Cc3ccsc3)C(N)=O)CC(C)C)cc2)CC1. The number of hydrogen-bond donors (Lipinski definition) is 6. The lowest BCUT2D eigenvalue weighted by molar-refractivity contribution is -0.128. The number of guanidine groups is 1. The minimum atomic E-state index is -0.893. The molecular formula is C35H55N9O4S. The molecule has 2 heterocycles. The molecule has 13 nitrogen and oxygen atoms in total. The van der Waals surface area contributed by atoms with Crippen molar-refractivity contribution in [3.63, 3.8) is 0 Å². The van der Waals surface area contributed by atoms with Crippen molar-refractivity contribution in [3.8, 4) is 0 Å². The lowest BCUT2D eigenvalue weighted by Crippen LogP contribution is -2.52. The predicted octanol–water partition coefficient (Wildman–Crippen LogP) is 1.56. The zero-order valence-corrected chi connectivity index (χ0v) is 30.0. The number of nitrogens with zero attached hydrogens (tertiary/aromatic N) is 3. The van der Waals surface area contributed by atoms with Crippen LogP contribution in [0.3, 0.4) is 0 Å². The summed E-state index contributed by atoms with van der Waals surface area (Å²) in [5, 5.41) is 12.4. The molecule has 2 unspecified atom stereocenters. The average Bonchev–Trinajstić information content (AvgIpc) is 3.56. The topological polar surface area (TPSA) is 201 Å². The van der Waals surface area contributed by atoms with Gasteiger partial charge in [-0.25, -0.2) is 0 Å². The van der Waals surface area contributed by atoms with Crippen LogP contribution in [0.25, 0.3) is 0 Å². The summed E-state index contributed by atoms with van der Waals surface area (Å²) in [6.07, 6.45) is 2.62. The third kappa shape index (κ3) is 14.6. The van der Waals surface area contributed by atoms with Gasteiger partial charge >= 0.3 is 0 Å². The van der Waals surface area contributed by atoms with E-state index < -0.39 is 35.8 Å². The molecule has 9 N–H and O–H groups in total. The van der Waals surface area contributed by atoms with Crippen LogP contribution in [0.15, 0.2) is 46.1 Å². The maximum Gasteiger partial charge on any atom is 0.251 e. The van der Waals surface area contributed by atoms with Crippen molar-refractivity contribution >= 4 is 40.9 Å². The van der Waals surface area contributed by atoms with Crippen LogP contribution in [-0.2, 0) is 27.3 Å². The monoisotopic (exact) mass is 697 g/mol. The fraction of sp³-hybridized carbons (Fsp3) is 0.571. The summed E-state index contributed by atoms with van der Waals surface area (Å²) in [6.45, 7) is 12.6. The Hall–Kier alpha value is -4.01. The van der Waals surface area contributed by atoms with E-state index in [4.69, 9.17) is 17.2 Å². The standard InChI is InChI=1S/C35H55N9O4S/c1-4-13-43-14-16-44(17-15-43)22-25-7-9-27(10-8-25)33(47)42-29(6-5-12-39-35(37)38)34(48)40-28(19-24(2)3)21-31(45)41-30(32(36)46)20-26-11-18-49-23-26/h7-11,18,23-24,28-30H,4-6,12-17,19-22H2,1-3H3,(H2,36,46)(H,40,48)(H,41,45)(H,42,47)(H4,37,38,39)/t28?,29-,30?/m0/s1. The molecule has 3 atom stereocenters. The molecule has 0 bridgehead atoms. The van der Waals surface area contributed by atoms with E-state index in [0.717, 1.165) is 56.8 Å². The van der Waals surface area contributed by atoms with Gasteiger partial charge in [0.15, 0.2) is 5.96 Å². The van der Waals surface area contributed by atoms with E-state index in [-0.39, 0.29) is 37.0 Å². The van der Waals surface area contributed by atoms with Crippen molar-refractivity contribution in [2.24, 2.45) is 28.1 Å². The van der Waals surface area contributed by atoms with Gasteiger partial charge in [-0.15, -0.1) is 0 Å². The number of benzene rings is 1. The fourth-order valence-corrected chi connectivity index (χ4v) is 6.61. The van der Waals surface area contributed by atoms with E-state index in [0.29, 0.717) is 24.9 Å². The fourth-order valence-electron chi connectivity index (χ4n) is 5.93. The summed E-state index contributed by atoms with van der Waals surface area (Å²) >= 11 is 1.49. The van der Waals surface area contributed by atoms with Crippen molar-refractivity contribution in [1.82, 2.24) is 25.8 Å². The predicted molar refractivity (Wildman–Crippen MR) is 195 cm³/mol. The smallest absolute Gasteiger partial charge is 0.251 e. The van der Waals surface area contributed by atoms with Crippen LogP contribution in [-0.4, -0.2) is 96.8 Å². The lowest BCUT2D eigenvalue weighted by Gasteiger charge is -2.34. The van der Waals surface area contributed by atoms with Gasteiger partial charge in [-0.05, 0) is 78.2 Å². The highest BCUT2D eigenvalue weighted by atomic mass is 32.1. The molecule has 1 aromatic carbocycles.